The van der Waals surface area contributed by atoms with E-state index in [4.69, 9.17) is 21.1 Å². The third-order valence-electron chi connectivity index (χ3n) is 2.79. The van der Waals surface area contributed by atoms with Crippen LogP contribution >= 0.6 is 22.9 Å². The summed E-state index contributed by atoms with van der Waals surface area (Å²) in [5, 5.41) is 1.44. The standard InChI is InChI=1S/C15H16ClNO3S/c1-4-19-15(18)14-10(3)17-13(21-14)8-20-11-5-6-12(16)9(2)7-11/h5-7H,4,8H2,1-3H3. The van der Waals surface area contributed by atoms with Gasteiger partial charge in [0, 0.05) is 5.02 Å². The van der Waals surface area contributed by atoms with Gasteiger partial charge in [-0.05, 0) is 44.5 Å². The molecule has 0 aliphatic rings. The number of rotatable bonds is 5. The average Bonchev–Trinajstić information content (AvgIpc) is 2.82. The van der Waals surface area contributed by atoms with E-state index in [0.717, 1.165) is 16.3 Å². The minimum Gasteiger partial charge on any atom is -0.486 e. The molecule has 1 aromatic carbocycles. The maximum Gasteiger partial charge on any atom is 0.350 e. The Morgan fingerprint density at radius 1 is 1.38 bits per heavy atom. The number of carbonyl (C=O) groups is 1. The zero-order valence-electron chi connectivity index (χ0n) is 12.1. The first kappa shape index (κ1) is 15.8. The number of ether oxygens (including phenoxy) is 2. The number of halogens is 1. The molecule has 0 fully saturated rings. The van der Waals surface area contributed by atoms with Crippen molar-refractivity contribution in [1.82, 2.24) is 4.98 Å². The Kier molecular flexibility index (Phi) is 5.20. The van der Waals surface area contributed by atoms with Gasteiger partial charge >= 0.3 is 5.97 Å². The summed E-state index contributed by atoms with van der Waals surface area (Å²) in [7, 11) is 0. The summed E-state index contributed by atoms with van der Waals surface area (Å²) >= 11 is 7.27. The van der Waals surface area contributed by atoms with Crippen LogP contribution in [0.15, 0.2) is 18.2 Å². The Labute approximate surface area is 132 Å². The highest BCUT2D eigenvalue weighted by molar-refractivity contribution is 7.13. The van der Waals surface area contributed by atoms with Crippen molar-refractivity contribution < 1.29 is 14.3 Å². The fourth-order valence-corrected chi connectivity index (χ4v) is 2.74. The van der Waals surface area contributed by atoms with Crippen molar-refractivity contribution in [1.29, 1.82) is 0 Å². The lowest BCUT2D eigenvalue weighted by molar-refractivity contribution is 0.0531. The van der Waals surface area contributed by atoms with Crippen LogP contribution in [-0.4, -0.2) is 17.6 Å². The molecule has 0 atom stereocenters. The van der Waals surface area contributed by atoms with E-state index in [9.17, 15) is 4.79 Å². The minimum absolute atomic E-state index is 0.311. The average molecular weight is 326 g/mol. The number of carbonyl (C=O) groups excluding carboxylic acids is 1. The van der Waals surface area contributed by atoms with E-state index in [2.05, 4.69) is 4.98 Å². The molecule has 21 heavy (non-hydrogen) atoms. The van der Waals surface area contributed by atoms with Gasteiger partial charge in [0.25, 0.3) is 0 Å². The van der Waals surface area contributed by atoms with E-state index < -0.39 is 0 Å². The molecule has 0 bridgehead atoms. The van der Waals surface area contributed by atoms with Crippen LogP contribution < -0.4 is 4.74 Å². The molecule has 6 heteroatoms. The first-order valence-electron chi connectivity index (χ1n) is 6.53. The van der Waals surface area contributed by atoms with Gasteiger partial charge in [-0.3, -0.25) is 0 Å². The number of nitrogens with zero attached hydrogens (tertiary/aromatic N) is 1. The molecule has 1 aromatic heterocycles. The largest absolute Gasteiger partial charge is 0.486 e. The van der Waals surface area contributed by atoms with Crippen LogP contribution in [0.1, 0.15) is 32.9 Å². The molecule has 0 aliphatic carbocycles. The molecule has 0 saturated heterocycles. The first-order chi connectivity index (χ1) is 10.0. The van der Waals surface area contributed by atoms with Crippen molar-refractivity contribution >= 4 is 28.9 Å². The van der Waals surface area contributed by atoms with Crippen LogP contribution in [0.5, 0.6) is 5.75 Å². The maximum atomic E-state index is 11.7. The lowest BCUT2D eigenvalue weighted by Gasteiger charge is -2.05. The monoisotopic (exact) mass is 325 g/mol. The molecule has 0 radical (unpaired) electrons. The number of thiazole rings is 1. The zero-order valence-corrected chi connectivity index (χ0v) is 13.7. The molecule has 0 amide bonds. The number of hydrogen-bond donors (Lipinski definition) is 0. The molecule has 0 spiro atoms. The van der Waals surface area contributed by atoms with E-state index in [1.54, 1.807) is 19.9 Å². The molecule has 4 nitrogen and oxygen atoms in total. The van der Waals surface area contributed by atoms with Crippen LogP contribution in [0.2, 0.25) is 5.02 Å². The number of benzene rings is 1. The lowest BCUT2D eigenvalue weighted by atomic mass is 10.2. The highest BCUT2D eigenvalue weighted by Crippen LogP contribution is 2.24. The van der Waals surface area contributed by atoms with Gasteiger partial charge in [-0.1, -0.05) is 11.6 Å². The summed E-state index contributed by atoms with van der Waals surface area (Å²) in [4.78, 5) is 16.6. The van der Waals surface area contributed by atoms with Gasteiger partial charge in [0.1, 0.15) is 22.2 Å². The summed E-state index contributed by atoms with van der Waals surface area (Å²) in [6, 6.07) is 5.47. The van der Waals surface area contributed by atoms with Gasteiger partial charge in [-0.25, -0.2) is 9.78 Å². The Morgan fingerprint density at radius 2 is 2.14 bits per heavy atom. The van der Waals surface area contributed by atoms with Crippen LogP contribution in [0.4, 0.5) is 0 Å². The predicted molar refractivity (Wildman–Crippen MR) is 83.3 cm³/mol. The second kappa shape index (κ2) is 6.91. The minimum atomic E-state index is -0.332. The van der Waals surface area contributed by atoms with Gasteiger partial charge in [0.2, 0.25) is 0 Å². The molecule has 0 N–H and O–H groups in total. The third kappa shape index (κ3) is 3.95. The van der Waals surface area contributed by atoms with E-state index >= 15 is 0 Å². The normalized spacial score (nSPS) is 10.5. The molecule has 0 aliphatic heterocycles. The van der Waals surface area contributed by atoms with Gasteiger partial charge in [-0.15, -0.1) is 11.3 Å². The topological polar surface area (TPSA) is 48.4 Å². The van der Waals surface area contributed by atoms with Crippen molar-refractivity contribution in [3.05, 3.63) is 44.4 Å². The number of hydrogen-bond acceptors (Lipinski definition) is 5. The van der Waals surface area contributed by atoms with E-state index in [1.165, 1.54) is 11.3 Å². The van der Waals surface area contributed by atoms with E-state index in [1.807, 2.05) is 19.1 Å². The maximum absolute atomic E-state index is 11.7. The second-order valence-electron chi connectivity index (χ2n) is 4.44. The Balaban J connectivity index is 2.05. The summed E-state index contributed by atoms with van der Waals surface area (Å²) in [6.07, 6.45) is 0. The van der Waals surface area contributed by atoms with Crippen LogP contribution in [0, 0.1) is 13.8 Å². The van der Waals surface area contributed by atoms with Crippen molar-refractivity contribution in [2.24, 2.45) is 0 Å². The van der Waals surface area contributed by atoms with E-state index in [0.29, 0.717) is 28.8 Å². The molecular weight excluding hydrogens is 310 g/mol. The quantitative estimate of drug-likeness (QED) is 0.774. The molecule has 0 saturated carbocycles. The molecule has 1 heterocycles. The summed E-state index contributed by atoms with van der Waals surface area (Å²) in [6.45, 7) is 6.15. The van der Waals surface area contributed by atoms with Gasteiger partial charge in [0.05, 0.1) is 12.3 Å². The predicted octanol–water partition coefficient (Wildman–Crippen LogP) is 4.17. The summed E-state index contributed by atoms with van der Waals surface area (Å²) < 4.78 is 10.7. The SMILES string of the molecule is CCOC(=O)c1sc(COc2ccc(Cl)c(C)c2)nc1C. The fraction of sp³-hybridized carbons (Fsp3) is 0.333. The van der Waals surface area contributed by atoms with Crippen molar-refractivity contribution in [3.63, 3.8) is 0 Å². The van der Waals surface area contributed by atoms with Crippen molar-refractivity contribution in [2.45, 2.75) is 27.4 Å². The number of esters is 1. The molecule has 112 valence electrons. The Morgan fingerprint density at radius 3 is 2.81 bits per heavy atom. The Hall–Kier alpha value is -1.59. The number of aryl methyl sites for hydroxylation is 2. The van der Waals surface area contributed by atoms with Gasteiger partial charge in [-0.2, -0.15) is 0 Å². The van der Waals surface area contributed by atoms with Gasteiger partial charge < -0.3 is 9.47 Å². The molecule has 0 unspecified atom stereocenters. The summed E-state index contributed by atoms with van der Waals surface area (Å²) in [5.41, 5.74) is 1.63. The zero-order chi connectivity index (χ0) is 15.4. The Bertz CT molecular complexity index is 654. The first-order valence-corrected chi connectivity index (χ1v) is 7.73. The van der Waals surface area contributed by atoms with Crippen LogP contribution in [-0.2, 0) is 11.3 Å². The van der Waals surface area contributed by atoms with Crippen LogP contribution in [0.25, 0.3) is 0 Å². The molecular formula is C15H16ClNO3S. The third-order valence-corrected chi connectivity index (χ3v) is 4.33. The van der Waals surface area contributed by atoms with Gasteiger partial charge in [0.15, 0.2) is 0 Å². The highest BCUT2D eigenvalue weighted by Gasteiger charge is 2.16. The molecule has 2 aromatic rings. The number of aromatic nitrogens is 1. The summed E-state index contributed by atoms with van der Waals surface area (Å²) in [5.74, 6) is 0.392. The highest BCUT2D eigenvalue weighted by atomic mass is 35.5. The second-order valence-corrected chi connectivity index (χ2v) is 5.93. The van der Waals surface area contributed by atoms with Crippen molar-refractivity contribution in [3.8, 4) is 5.75 Å². The lowest BCUT2D eigenvalue weighted by Crippen LogP contribution is -2.03. The van der Waals surface area contributed by atoms with Crippen molar-refractivity contribution in [2.75, 3.05) is 6.61 Å². The van der Waals surface area contributed by atoms with Crippen LogP contribution in [0.3, 0.4) is 0 Å². The smallest absolute Gasteiger partial charge is 0.350 e. The molecule has 2 rings (SSSR count). The fourth-order valence-electron chi connectivity index (χ4n) is 1.75. The van der Waals surface area contributed by atoms with E-state index in [-0.39, 0.29) is 5.97 Å².